The molecule has 1 saturated carbocycles. The van der Waals surface area contributed by atoms with Gasteiger partial charge in [-0.05, 0) is 43.9 Å². The number of carbonyl (C=O) groups is 1. The minimum Gasteiger partial charge on any atom is -0.384 e. The molecule has 10 heteroatoms. The summed E-state index contributed by atoms with van der Waals surface area (Å²) >= 11 is 1.50. The topological polar surface area (TPSA) is 77.5 Å². The fourth-order valence-electron chi connectivity index (χ4n) is 4.50. The Balaban J connectivity index is 1.17. The molecule has 4 rings (SSSR count). The molecule has 2 aliphatic rings. The number of aliphatic hydroxyl groups is 1. The summed E-state index contributed by atoms with van der Waals surface area (Å²) in [6.45, 7) is 5.76. The molecule has 1 amide bonds. The van der Waals surface area contributed by atoms with E-state index in [9.17, 15) is 23.1 Å². The number of hydrogen-bond acceptors (Lipinski definition) is 6. The van der Waals surface area contributed by atoms with Gasteiger partial charge < -0.3 is 15.7 Å². The van der Waals surface area contributed by atoms with Crippen molar-refractivity contribution in [2.75, 3.05) is 19.6 Å². The minimum atomic E-state index is -4.49. The molecule has 1 saturated heterocycles. The van der Waals surface area contributed by atoms with Gasteiger partial charge in [-0.15, -0.1) is 11.3 Å². The van der Waals surface area contributed by atoms with E-state index >= 15 is 0 Å². The van der Waals surface area contributed by atoms with E-state index in [1.165, 1.54) is 23.5 Å². The number of carbonyl (C=O) groups excluding carboxylic acids is 1. The molecule has 2 fully saturated rings. The summed E-state index contributed by atoms with van der Waals surface area (Å²) in [4.78, 5) is 19.6. The molecular weight excluding hydrogens is 453 g/mol. The predicted octanol–water partition coefficient (Wildman–Crippen LogP) is 3.51. The third kappa shape index (κ3) is 5.56. The van der Waals surface area contributed by atoms with Crippen LogP contribution in [0, 0.1) is 0 Å². The largest absolute Gasteiger partial charge is 0.416 e. The Bertz CT molecular complexity index is 982. The number of thiazole rings is 1. The van der Waals surface area contributed by atoms with Gasteiger partial charge in [0.25, 0.3) is 5.91 Å². The average molecular weight is 481 g/mol. The zero-order valence-corrected chi connectivity index (χ0v) is 18.9. The zero-order valence-electron chi connectivity index (χ0n) is 18.1. The smallest absolute Gasteiger partial charge is 0.384 e. The number of rotatable bonds is 7. The van der Waals surface area contributed by atoms with Crippen molar-refractivity contribution in [2.24, 2.45) is 0 Å². The summed E-state index contributed by atoms with van der Waals surface area (Å²) in [7, 11) is 0. The minimum absolute atomic E-state index is 0.0389. The number of alkyl halides is 3. The van der Waals surface area contributed by atoms with E-state index < -0.39 is 23.2 Å². The van der Waals surface area contributed by atoms with Crippen LogP contribution in [0.1, 0.15) is 46.5 Å². The Morgan fingerprint density at radius 2 is 2.03 bits per heavy atom. The normalized spacial score (nSPS) is 24.2. The van der Waals surface area contributed by atoms with Crippen LogP contribution in [-0.2, 0) is 11.8 Å². The molecule has 0 unspecified atom stereocenters. The standard InChI is InChI=1S/C23H27F3N4O2S/c1-15(10-28-21(31)16-3-2-4-17(9-16)23(24,25)26)29-18-12-30(13-18)19-5-7-22(32,8-6-19)20-11-27-14-33-20/h2-4,9,11,14,18-19,29,32H,1,5-8,10,12-13H2,(H,28,31)/t19-,22-. The molecule has 3 N–H and O–H groups in total. The third-order valence-electron chi connectivity index (χ3n) is 6.42. The molecule has 1 aliphatic heterocycles. The van der Waals surface area contributed by atoms with Crippen molar-refractivity contribution >= 4 is 17.2 Å². The maximum atomic E-state index is 12.8. The third-order valence-corrected chi connectivity index (χ3v) is 7.39. The lowest BCUT2D eigenvalue weighted by atomic mass is 9.80. The summed E-state index contributed by atoms with van der Waals surface area (Å²) < 4.78 is 38.5. The molecule has 2 aromatic rings. The molecule has 6 nitrogen and oxygen atoms in total. The first-order valence-electron chi connectivity index (χ1n) is 10.9. The van der Waals surface area contributed by atoms with Crippen molar-refractivity contribution in [1.82, 2.24) is 20.5 Å². The maximum absolute atomic E-state index is 12.8. The number of benzene rings is 1. The maximum Gasteiger partial charge on any atom is 0.416 e. The van der Waals surface area contributed by atoms with Crippen LogP contribution in [0.4, 0.5) is 13.2 Å². The van der Waals surface area contributed by atoms with Gasteiger partial charge in [0.15, 0.2) is 0 Å². The Kier molecular flexibility index (Phi) is 6.78. The summed E-state index contributed by atoms with van der Waals surface area (Å²) in [5.41, 5.74) is 0.716. The van der Waals surface area contributed by atoms with E-state index in [1.807, 2.05) is 0 Å². The van der Waals surface area contributed by atoms with E-state index in [0.717, 1.165) is 55.8 Å². The number of likely N-dealkylation sites (tertiary alicyclic amines) is 1. The number of halogens is 3. The first kappa shape index (κ1) is 23.7. The fourth-order valence-corrected chi connectivity index (χ4v) is 5.29. The van der Waals surface area contributed by atoms with E-state index in [-0.39, 0.29) is 18.2 Å². The van der Waals surface area contributed by atoms with Gasteiger partial charge in [0.1, 0.15) is 5.60 Å². The van der Waals surface area contributed by atoms with Gasteiger partial charge in [-0.25, -0.2) is 0 Å². The number of amides is 1. The van der Waals surface area contributed by atoms with Gasteiger partial charge in [-0.3, -0.25) is 14.7 Å². The van der Waals surface area contributed by atoms with Gasteiger partial charge in [-0.1, -0.05) is 12.6 Å². The summed E-state index contributed by atoms with van der Waals surface area (Å²) in [6.07, 6.45) is 0.567. The molecule has 2 heterocycles. The van der Waals surface area contributed by atoms with Crippen molar-refractivity contribution in [1.29, 1.82) is 0 Å². The average Bonchev–Trinajstić information content (AvgIpc) is 3.31. The molecule has 0 spiro atoms. The van der Waals surface area contributed by atoms with Crippen LogP contribution in [0.15, 0.2) is 48.2 Å². The lowest BCUT2D eigenvalue weighted by molar-refractivity contribution is -0.137. The first-order valence-corrected chi connectivity index (χ1v) is 11.8. The number of hydrogen-bond donors (Lipinski definition) is 3. The zero-order chi connectivity index (χ0) is 23.6. The van der Waals surface area contributed by atoms with Gasteiger partial charge in [0.2, 0.25) is 0 Å². The van der Waals surface area contributed by atoms with Crippen molar-refractivity contribution in [2.45, 2.75) is 49.5 Å². The Hall–Kier alpha value is -2.43. The quantitative estimate of drug-likeness (QED) is 0.566. The van der Waals surface area contributed by atoms with Crippen LogP contribution in [-0.4, -0.2) is 52.6 Å². The van der Waals surface area contributed by atoms with Crippen LogP contribution in [0.25, 0.3) is 0 Å². The highest BCUT2D eigenvalue weighted by atomic mass is 32.1. The van der Waals surface area contributed by atoms with E-state index in [4.69, 9.17) is 0 Å². The second-order valence-corrected chi connectivity index (χ2v) is 9.67. The van der Waals surface area contributed by atoms with Gasteiger partial charge in [0, 0.05) is 36.6 Å². The highest BCUT2D eigenvalue weighted by Gasteiger charge is 2.40. The summed E-state index contributed by atoms with van der Waals surface area (Å²) in [5.74, 6) is -0.574. The van der Waals surface area contributed by atoms with Gasteiger partial charge in [-0.2, -0.15) is 13.2 Å². The lowest BCUT2D eigenvalue weighted by Crippen LogP contribution is -2.62. The van der Waals surface area contributed by atoms with Crippen LogP contribution in [0.2, 0.25) is 0 Å². The van der Waals surface area contributed by atoms with E-state index in [0.29, 0.717) is 11.7 Å². The monoisotopic (exact) mass is 480 g/mol. The van der Waals surface area contributed by atoms with Crippen LogP contribution in [0.5, 0.6) is 0 Å². The highest BCUT2D eigenvalue weighted by Crippen LogP contribution is 2.40. The molecule has 178 valence electrons. The molecule has 0 radical (unpaired) electrons. The highest BCUT2D eigenvalue weighted by molar-refractivity contribution is 7.09. The molecule has 0 bridgehead atoms. The lowest BCUT2D eigenvalue weighted by Gasteiger charge is -2.48. The van der Waals surface area contributed by atoms with Crippen molar-refractivity contribution in [3.05, 3.63) is 64.3 Å². The Morgan fingerprint density at radius 3 is 2.67 bits per heavy atom. The van der Waals surface area contributed by atoms with Gasteiger partial charge >= 0.3 is 6.18 Å². The number of nitrogens with one attached hydrogen (secondary N) is 2. The molecule has 33 heavy (non-hydrogen) atoms. The molecule has 1 aliphatic carbocycles. The summed E-state index contributed by atoms with van der Waals surface area (Å²) in [5, 5.41) is 16.8. The van der Waals surface area contributed by atoms with Crippen molar-refractivity contribution in [3.8, 4) is 0 Å². The molecular formula is C23H27F3N4O2S. The molecule has 1 aromatic heterocycles. The fraction of sp³-hybridized carbons (Fsp3) is 0.478. The van der Waals surface area contributed by atoms with Crippen LogP contribution < -0.4 is 10.6 Å². The van der Waals surface area contributed by atoms with E-state index in [1.54, 1.807) is 11.7 Å². The van der Waals surface area contributed by atoms with E-state index in [2.05, 4.69) is 27.1 Å². The number of aromatic nitrogens is 1. The van der Waals surface area contributed by atoms with Crippen LogP contribution >= 0.6 is 11.3 Å². The SMILES string of the molecule is C=C(CNC(=O)c1cccc(C(F)(F)F)c1)NC1CN([C@H]2CC[C@@](O)(c3cncs3)CC2)C1. The van der Waals surface area contributed by atoms with Crippen LogP contribution in [0.3, 0.4) is 0 Å². The van der Waals surface area contributed by atoms with Crippen molar-refractivity contribution in [3.63, 3.8) is 0 Å². The second-order valence-electron chi connectivity index (χ2n) is 8.79. The number of nitrogens with zero attached hydrogens (tertiary/aromatic N) is 2. The predicted molar refractivity (Wildman–Crippen MR) is 120 cm³/mol. The summed E-state index contributed by atoms with van der Waals surface area (Å²) in [6, 6.07) is 5.00. The molecule has 1 aromatic carbocycles. The Morgan fingerprint density at radius 1 is 1.30 bits per heavy atom. The Labute approximate surface area is 194 Å². The van der Waals surface area contributed by atoms with Gasteiger partial charge in [0.05, 0.1) is 28.5 Å². The molecule has 0 atom stereocenters. The second kappa shape index (κ2) is 9.44. The first-order chi connectivity index (χ1) is 15.6. The van der Waals surface area contributed by atoms with Crippen molar-refractivity contribution < 1.29 is 23.1 Å².